The fourth-order valence-corrected chi connectivity index (χ4v) is 5.02. The number of nitrogens with zero attached hydrogens (tertiary/aromatic N) is 3. The van der Waals surface area contributed by atoms with E-state index in [9.17, 15) is 4.79 Å². The molecular formula is C23H44N6O2. The Kier molecular flexibility index (Phi) is 9.87. The lowest BCUT2D eigenvalue weighted by Gasteiger charge is -2.43. The summed E-state index contributed by atoms with van der Waals surface area (Å²) in [7, 11) is 0. The van der Waals surface area contributed by atoms with Crippen LogP contribution in [0, 0.1) is 0 Å². The zero-order valence-corrected chi connectivity index (χ0v) is 19.8. The second-order valence-electron chi connectivity index (χ2n) is 9.27. The van der Waals surface area contributed by atoms with Gasteiger partial charge in [0.25, 0.3) is 0 Å². The largest absolute Gasteiger partial charge is 0.381 e. The normalized spacial score (nSPS) is 23.6. The minimum atomic E-state index is 0.145. The summed E-state index contributed by atoms with van der Waals surface area (Å²) < 4.78 is 5.68. The number of carbonyl (C=O) groups excluding carboxylic acids is 1. The van der Waals surface area contributed by atoms with Crippen molar-refractivity contribution in [1.82, 2.24) is 25.8 Å². The number of guanidine groups is 1. The number of rotatable bonds is 9. The van der Waals surface area contributed by atoms with Gasteiger partial charge in [0.2, 0.25) is 5.91 Å². The minimum absolute atomic E-state index is 0.145. The van der Waals surface area contributed by atoms with Gasteiger partial charge in [0.1, 0.15) is 0 Å². The Balaban J connectivity index is 1.51. The molecular weight excluding hydrogens is 392 g/mol. The third-order valence-corrected chi connectivity index (χ3v) is 6.94. The molecule has 0 aromatic heterocycles. The maximum absolute atomic E-state index is 12.0. The SMILES string of the molecule is CCCNC(=O)CN1CCC(NC(=NCC2(N3CCCC3)CCOCC2)NCC)CC1. The summed E-state index contributed by atoms with van der Waals surface area (Å²) in [4.78, 5) is 22.0. The molecule has 31 heavy (non-hydrogen) atoms. The van der Waals surface area contributed by atoms with Gasteiger partial charge in [-0.2, -0.15) is 0 Å². The van der Waals surface area contributed by atoms with Crippen LogP contribution in [0.15, 0.2) is 4.99 Å². The monoisotopic (exact) mass is 436 g/mol. The second-order valence-corrected chi connectivity index (χ2v) is 9.27. The summed E-state index contributed by atoms with van der Waals surface area (Å²) >= 11 is 0. The van der Waals surface area contributed by atoms with E-state index in [0.29, 0.717) is 12.6 Å². The first-order chi connectivity index (χ1) is 15.1. The highest BCUT2D eigenvalue weighted by atomic mass is 16.5. The molecule has 178 valence electrons. The van der Waals surface area contributed by atoms with Gasteiger partial charge in [-0.1, -0.05) is 6.92 Å². The van der Waals surface area contributed by atoms with Crippen molar-refractivity contribution in [3.05, 3.63) is 0 Å². The molecule has 3 saturated heterocycles. The quantitative estimate of drug-likeness (QED) is 0.372. The van der Waals surface area contributed by atoms with Gasteiger partial charge >= 0.3 is 0 Å². The summed E-state index contributed by atoms with van der Waals surface area (Å²) in [5.74, 6) is 1.08. The lowest BCUT2D eigenvalue weighted by Crippen LogP contribution is -2.54. The van der Waals surface area contributed by atoms with Gasteiger partial charge in [-0.25, -0.2) is 0 Å². The van der Waals surface area contributed by atoms with Gasteiger partial charge in [0.15, 0.2) is 5.96 Å². The molecule has 0 spiro atoms. The minimum Gasteiger partial charge on any atom is -0.381 e. The van der Waals surface area contributed by atoms with Gasteiger partial charge < -0.3 is 20.7 Å². The molecule has 0 atom stereocenters. The summed E-state index contributed by atoms with van der Waals surface area (Å²) in [6.45, 7) is 13.2. The van der Waals surface area contributed by atoms with Crippen molar-refractivity contribution >= 4 is 11.9 Å². The van der Waals surface area contributed by atoms with E-state index < -0.39 is 0 Å². The Morgan fingerprint density at radius 3 is 2.42 bits per heavy atom. The van der Waals surface area contributed by atoms with Crippen LogP contribution in [-0.4, -0.2) is 98.8 Å². The summed E-state index contributed by atoms with van der Waals surface area (Å²) in [5.41, 5.74) is 0.159. The molecule has 1 amide bonds. The first kappa shape index (κ1) is 24.3. The maximum atomic E-state index is 12.0. The van der Waals surface area contributed by atoms with Crippen LogP contribution in [0.3, 0.4) is 0 Å². The molecule has 3 aliphatic heterocycles. The number of ether oxygens (including phenoxy) is 1. The van der Waals surface area contributed by atoms with Crippen LogP contribution < -0.4 is 16.0 Å². The molecule has 0 radical (unpaired) electrons. The number of piperidine rings is 1. The Labute approximate surface area is 188 Å². The fourth-order valence-electron chi connectivity index (χ4n) is 5.02. The zero-order valence-electron chi connectivity index (χ0n) is 19.8. The van der Waals surface area contributed by atoms with Crippen LogP contribution >= 0.6 is 0 Å². The Hall–Kier alpha value is -1.38. The molecule has 3 fully saturated rings. The van der Waals surface area contributed by atoms with Crippen LogP contribution in [0.25, 0.3) is 0 Å². The van der Waals surface area contributed by atoms with Crippen LogP contribution in [0.4, 0.5) is 0 Å². The summed E-state index contributed by atoms with van der Waals surface area (Å²) in [6.07, 6.45) is 7.83. The van der Waals surface area contributed by atoms with E-state index in [1.54, 1.807) is 0 Å². The molecule has 8 nitrogen and oxygen atoms in total. The third-order valence-electron chi connectivity index (χ3n) is 6.94. The predicted octanol–water partition coefficient (Wildman–Crippen LogP) is 1.18. The maximum Gasteiger partial charge on any atom is 0.234 e. The van der Waals surface area contributed by atoms with Crippen molar-refractivity contribution in [2.45, 2.75) is 70.4 Å². The van der Waals surface area contributed by atoms with Crippen molar-refractivity contribution in [1.29, 1.82) is 0 Å². The van der Waals surface area contributed by atoms with E-state index in [-0.39, 0.29) is 11.4 Å². The Bertz CT molecular complexity index is 564. The lowest BCUT2D eigenvalue weighted by molar-refractivity contribution is -0.122. The third kappa shape index (κ3) is 7.32. The van der Waals surface area contributed by atoms with Gasteiger partial charge in [0, 0.05) is 51.0 Å². The zero-order chi connectivity index (χ0) is 21.9. The number of nitrogens with one attached hydrogen (secondary N) is 3. The van der Waals surface area contributed by atoms with Gasteiger partial charge in [-0.15, -0.1) is 0 Å². The Morgan fingerprint density at radius 2 is 1.77 bits per heavy atom. The molecule has 0 aliphatic carbocycles. The van der Waals surface area contributed by atoms with Crippen LogP contribution in [0.5, 0.6) is 0 Å². The molecule has 3 heterocycles. The number of hydrogen-bond acceptors (Lipinski definition) is 5. The van der Waals surface area contributed by atoms with Crippen LogP contribution in [-0.2, 0) is 9.53 Å². The number of amides is 1. The van der Waals surface area contributed by atoms with Gasteiger partial charge in [-0.3, -0.25) is 19.6 Å². The molecule has 3 N–H and O–H groups in total. The Morgan fingerprint density at radius 1 is 1.06 bits per heavy atom. The van der Waals surface area contributed by atoms with E-state index in [1.807, 2.05) is 0 Å². The van der Waals surface area contributed by atoms with Crippen molar-refractivity contribution in [3.8, 4) is 0 Å². The standard InChI is InChI=1S/C23H44N6O2/c1-3-11-25-21(30)18-28-14-7-20(8-15-28)27-22(24-4-2)26-19-23(9-16-31-17-10-23)29-12-5-6-13-29/h20H,3-19H2,1-2H3,(H,25,30)(H2,24,26,27). The average molecular weight is 437 g/mol. The van der Waals surface area contributed by atoms with Crippen molar-refractivity contribution < 1.29 is 9.53 Å². The molecule has 8 heteroatoms. The fraction of sp³-hybridized carbons (Fsp3) is 0.913. The topological polar surface area (TPSA) is 81.2 Å². The molecule has 0 saturated carbocycles. The molecule has 0 aromatic carbocycles. The lowest BCUT2D eigenvalue weighted by atomic mass is 9.88. The molecule has 0 unspecified atom stereocenters. The van der Waals surface area contributed by atoms with Crippen molar-refractivity contribution in [2.75, 3.05) is 65.6 Å². The second kappa shape index (κ2) is 12.6. The highest BCUT2D eigenvalue weighted by Crippen LogP contribution is 2.31. The average Bonchev–Trinajstić information content (AvgIpc) is 3.34. The van der Waals surface area contributed by atoms with Gasteiger partial charge in [-0.05, 0) is 65.0 Å². The van der Waals surface area contributed by atoms with Crippen molar-refractivity contribution in [2.24, 2.45) is 4.99 Å². The number of carbonyl (C=O) groups is 1. The van der Waals surface area contributed by atoms with Crippen LogP contribution in [0.2, 0.25) is 0 Å². The first-order valence-electron chi connectivity index (χ1n) is 12.5. The highest BCUT2D eigenvalue weighted by molar-refractivity contribution is 5.80. The number of hydrogen-bond donors (Lipinski definition) is 3. The molecule has 0 aromatic rings. The molecule has 0 bridgehead atoms. The summed E-state index contributed by atoms with van der Waals surface area (Å²) in [6, 6.07) is 0.408. The summed E-state index contributed by atoms with van der Waals surface area (Å²) in [5, 5.41) is 10.1. The van der Waals surface area contributed by atoms with Crippen LogP contribution in [0.1, 0.15) is 58.8 Å². The van der Waals surface area contributed by atoms with E-state index >= 15 is 0 Å². The van der Waals surface area contributed by atoms with Crippen molar-refractivity contribution in [3.63, 3.8) is 0 Å². The first-order valence-corrected chi connectivity index (χ1v) is 12.5. The van der Waals surface area contributed by atoms with E-state index in [1.165, 1.54) is 25.9 Å². The smallest absolute Gasteiger partial charge is 0.234 e. The van der Waals surface area contributed by atoms with E-state index in [4.69, 9.17) is 9.73 Å². The van der Waals surface area contributed by atoms with E-state index in [2.05, 4.69) is 39.6 Å². The predicted molar refractivity (Wildman–Crippen MR) is 125 cm³/mol. The number of likely N-dealkylation sites (tertiary alicyclic amines) is 2. The molecule has 3 rings (SSSR count). The van der Waals surface area contributed by atoms with Gasteiger partial charge in [0.05, 0.1) is 13.1 Å². The number of aliphatic imine (C=N–C) groups is 1. The highest BCUT2D eigenvalue weighted by Gasteiger charge is 2.39. The molecule has 3 aliphatic rings. The van der Waals surface area contributed by atoms with E-state index in [0.717, 1.165) is 84.0 Å².